The standard InChI is InChI=1S/C31H38N6O4.C16H15ClN2O2.C15H24N4O2.C12H7BrClNO.C4H9NO/c1-7-30(38)34-25-17-26(28(41-6)18-27(25)36(4)15-14-35(2)3)33-29-16-22(12-13-32-29)31(39)21-8-10-23(11-9-21)37-19-24(20-37)40-5;1-21-14-9-19(10-14)13-4-2-11(3-5-13)16(20)12-6-7-18-15(17)8-12;1-6-15(20)17-12-9-11(16)14(21-5)10-13(12)19(4)8-7-18(2)3;13-10-3-1-8(2-4-10)12(16)9-5-6-15-11(14)7-9;1-6-4-2-5-3-4/h7-13,16-18,24H,1,14-15,19-20H2,2-6H3,(H,32,33)(H,34,38);2-8,14H,9-10H2,1H3;6,9-10H,1,7-8,16H2,2-5H3,(H,17,20);1-7H;4-5H,2-3H2,1H3. The summed E-state index contributed by atoms with van der Waals surface area (Å²) in [7, 11) is 20.3. The average molecular weight is 1540 g/mol. The van der Waals surface area contributed by atoms with Crippen molar-refractivity contribution in [3.63, 3.8) is 0 Å². The van der Waals surface area contributed by atoms with Gasteiger partial charge in [-0.2, -0.15) is 0 Å². The van der Waals surface area contributed by atoms with Gasteiger partial charge in [-0.05, 0) is 162 Å². The number of amides is 2. The number of halogens is 3. The Kier molecular flexibility index (Phi) is 32.2. The maximum absolute atomic E-state index is 13.3. The number of rotatable bonds is 27. The number of nitrogens with zero attached hydrogens (tertiary/aromatic N) is 9. The first kappa shape index (κ1) is 82.5. The molecule has 27 heteroatoms. The van der Waals surface area contributed by atoms with Gasteiger partial charge < -0.3 is 80.1 Å². The lowest BCUT2D eigenvalue weighted by Gasteiger charge is -2.40. The van der Waals surface area contributed by atoms with Gasteiger partial charge >= 0.3 is 0 Å². The first-order valence-electron chi connectivity index (χ1n) is 33.5. The molecule has 556 valence electrons. The van der Waals surface area contributed by atoms with Gasteiger partial charge in [-0.3, -0.25) is 24.0 Å². The molecule has 6 N–H and O–H groups in total. The third-order valence-electron chi connectivity index (χ3n) is 16.9. The lowest BCUT2D eigenvalue weighted by Crippen LogP contribution is -2.51. The highest BCUT2D eigenvalue weighted by molar-refractivity contribution is 9.10. The second kappa shape index (κ2) is 41.0. The van der Waals surface area contributed by atoms with Crippen molar-refractivity contribution in [3.05, 3.63) is 226 Å². The molecule has 0 radical (unpaired) electrons. The van der Waals surface area contributed by atoms with E-state index >= 15 is 0 Å². The van der Waals surface area contributed by atoms with Crippen LogP contribution in [0.25, 0.3) is 0 Å². The van der Waals surface area contributed by atoms with Crippen molar-refractivity contribution >= 4 is 120 Å². The number of carbonyl (C=O) groups excluding carboxylic acids is 5. The molecule has 0 unspecified atom stereocenters. The summed E-state index contributed by atoms with van der Waals surface area (Å²) in [5, 5.41) is 12.7. The lowest BCUT2D eigenvalue weighted by atomic mass is 10.0. The molecule has 24 nitrogen and oxygen atoms in total. The van der Waals surface area contributed by atoms with E-state index in [4.69, 9.17) is 52.6 Å². The van der Waals surface area contributed by atoms with Crippen LogP contribution in [0.2, 0.25) is 10.3 Å². The largest absolute Gasteiger partial charge is 0.495 e. The van der Waals surface area contributed by atoms with Gasteiger partial charge in [0, 0.05) is 181 Å². The monoisotopic (exact) mass is 1530 g/mol. The van der Waals surface area contributed by atoms with Crippen molar-refractivity contribution in [2.24, 2.45) is 0 Å². The number of anilines is 9. The van der Waals surface area contributed by atoms with E-state index in [1.807, 2.05) is 125 Å². The normalized spacial score (nSPS) is 13.0. The van der Waals surface area contributed by atoms with Crippen LogP contribution in [0.4, 0.5) is 51.3 Å². The fourth-order valence-electron chi connectivity index (χ4n) is 10.4. The predicted octanol–water partition coefficient (Wildman–Crippen LogP) is 11.6. The van der Waals surface area contributed by atoms with E-state index in [9.17, 15) is 24.0 Å². The number of carbonyl (C=O) groups is 5. The molecule has 105 heavy (non-hydrogen) atoms. The number of nitrogens with two attached hydrogens (primary N) is 1. The topological polar surface area (TPSA) is 264 Å². The molecule has 0 spiro atoms. The predicted molar refractivity (Wildman–Crippen MR) is 425 cm³/mol. The quantitative estimate of drug-likeness (QED) is 0.0139. The summed E-state index contributed by atoms with van der Waals surface area (Å²) in [6, 6.07) is 39.4. The van der Waals surface area contributed by atoms with E-state index in [1.165, 1.54) is 24.5 Å². The summed E-state index contributed by atoms with van der Waals surface area (Å²) in [6.07, 6.45) is 8.17. The van der Waals surface area contributed by atoms with Gasteiger partial charge in [0.15, 0.2) is 17.3 Å². The highest BCUT2D eigenvalue weighted by Gasteiger charge is 2.28. The molecule has 6 heterocycles. The highest BCUT2D eigenvalue weighted by Crippen LogP contribution is 2.39. The van der Waals surface area contributed by atoms with Crippen molar-refractivity contribution in [3.8, 4) is 11.5 Å². The Labute approximate surface area is 633 Å². The third kappa shape index (κ3) is 24.7. The maximum Gasteiger partial charge on any atom is 0.247 e. The molecule has 3 aliphatic rings. The van der Waals surface area contributed by atoms with Crippen molar-refractivity contribution in [1.82, 2.24) is 30.1 Å². The number of ketones is 3. The van der Waals surface area contributed by atoms with Crippen LogP contribution < -0.4 is 56.1 Å². The number of pyridine rings is 3. The Morgan fingerprint density at radius 1 is 0.514 bits per heavy atom. The SMILES string of the molecule is C=CC(=O)Nc1cc(N)c(OC)cc1N(C)CCN(C)C.C=CC(=O)Nc1cc(Nc2cc(C(=O)c3ccc(N4CC(OC)C4)cc3)ccn2)c(OC)cc1N(C)CCN(C)C.COC1CN(c2ccc(C(=O)c3ccnc(Cl)c3)cc2)C1.COC1CNC1.O=C(c1ccc(Br)cc1)c1ccnc(Cl)c1. The molecule has 0 bridgehead atoms. The average Bonchev–Trinajstić information content (AvgIpc) is 0.799. The number of hydrogen-bond donors (Lipinski definition) is 5. The minimum atomic E-state index is -0.326. The van der Waals surface area contributed by atoms with Crippen LogP contribution in [-0.2, 0) is 23.8 Å². The number of nitrogens with one attached hydrogen (secondary N) is 4. The molecular weight excluding hydrogens is 1440 g/mol. The van der Waals surface area contributed by atoms with Crippen molar-refractivity contribution < 1.29 is 47.7 Å². The fourth-order valence-corrected chi connectivity index (χ4v) is 11.0. The number of nitrogen functional groups attached to an aromatic ring is 1. The van der Waals surface area contributed by atoms with E-state index < -0.39 is 0 Å². The molecule has 0 saturated carbocycles. The molecule has 3 aliphatic heterocycles. The Morgan fingerprint density at radius 2 is 0.905 bits per heavy atom. The van der Waals surface area contributed by atoms with E-state index in [0.29, 0.717) is 96.0 Å². The van der Waals surface area contributed by atoms with Crippen LogP contribution in [-0.4, -0.2) is 216 Å². The van der Waals surface area contributed by atoms with Gasteiger partial charge in [0.2, 0.25) is 11.8 Å². The summed E-state index contributed by atoms with van der Waals surface area (Å²) in [6.45, 7) is 15.8. The van der Waals surface area contributed by atoms with Crippen molar-refractivity contribution in [1.29, 1.82) is 0 Å². The van der Waals surface area contributed by atoms with E-state index in [2.05, 4.69) is 84.9 Å². The van der Waals surface area contributed by atoms with Gasteiger partial charge in [0.25, 0.3) is 0 Å². The number of likely N-dealkylation sites (N-methyl/N-ethyl adjacent to an activating group) is 4. The van der Waals surface area contributed by atoms with E-state index in [-0.39, 0.29) is 35.3 Å². The molecule has 5 aromatic carbocycles. The number of methoxy groups -OCH3 is 5. The second-order valence-corrected chi connectivity index (χ2v) is 26.6. The summed E-state index contributed by atoms with van der Waals surface area (Å²) in [5.74, 6) is 0.786. The number of benzene rings is 5. The minimum Gasteiger partial charge on any atom is -0.495 e. The van der Waals surface area contributed by atoms with Crippen LogP contribution in [0.3, 0.4) is 0 Å². The first-order valence-corrected chi connectivity index (χ1v) is 35.1. The van der Waals surface area contributed by atoms with E-state index in [0.717, 1.165) is 92.7 Å². The van der Waals surface area contributed by atoms with Crippen LogP contribution in [0, 0.1) is 0 Å². The highest BCUT2D eigenvalue weighted by atomic mass is 79.9. The molecule has 8 aromatic rings. The number of ether oxygens (including phenoxy) is 5. The lowest BCUT2D eigenvalue weighted by molar-refractivity contribution is -0.112. The molecule has 3 saturated heterocycles. The molecule has 0 atom stereocenters. The zero-order chi connectivity index (χ0) is 76.3. The Morgan fingerprint density at radius 3 is 1.27 bits per heavy atom. The van der Waals surface area contributed by atoms with Crippen molar-refractivity contribution in [2.45, 2.75) is 18.3 Å². The molecule has 3 aromatic heterocycles. The Balaban J connectivity index is 0.000000203. The Hall–Kier alpha value is -9.80. The van der Waals surface area contributed by atoms with Crippen LogP contribution in [0.1, 0.15) is 47.8 Å². The van der Waals surface area contributed by atoms with Gasteiger partial charge in [-0.15, -0.1) is 0 Å². The molecule has 2 amide bonds. The van der Waals surface area contributed by atoms with Gasteiger partial charge in [-0.1, -0.05) is 52.3 Å². The summed E-state index contributed by atoms with van der Waals surface area (Å²) in [4.78, 5) is 86.3. The molecule has 0 aliphatic carbocycles. The summed E-state index contributed by atoms with van der Waals surface area (Å²) in [5.41, 5.74) is 15.5. The van der Waals surface area contributed by atoms with Gasteiger partial charge in [0.05, 0.1) is 66.7 Å². The Bertz CT molecular complexity index is 4220. The van der Waals surface area contributed by atoms with E-state index in [1.54, 1.807) is 102 Å². The zero-order valence-corrected chi connectivity index (χ0v) is 64.2. The smallest absolute Gasteiger partial charge is 0.247 e. The summed E-state index contributed by atoms with van der Waals surface area (Å²) >= 11 is 14.9. The zero-order valence-electron chi connectivity index (χ0n) is 61.1. The van der Waals surface area contributed by atoms with Gasteiger partial charge in [-0.25, -0.2) is 15.0 Å². The molecular formula is C78H93BrCl2N14O10. The van der Waals surface area contributed by atoms with Crippen molar-refractivity contribution in [2.75, 3.05) is 185 Å². The van der Waals surface area contributed by atoms with Gasteiger partial charge in [0.1, 0.15) is 27.6 Å². The van der Waals surface area contributed by atoms with Crippen LogP contribution >= 0.6 is 39.1 Å². The molecule has 11 rings (SSSR count). The summed E-state index contributed by atoms with van der Waals surface area (Å²) < 4.78 is 27.4. The third-order valence-corrected chi connectivity index (χ3v) is 17.9. The first-order chi connectivity index (χ1) is 50.4. The number of aromatic nitrogens is 3. The maximum atomic E-state index is 13.3. The number of hydrogen-bond acceptors (Lipinski definition) is 22. The fraction of sp³-hybridized carbons (Fsp3) is 0.308. The van der Waals surface area contributed by atoms with Crippen LogP contribution in [0.5, 0.6) is 11.5 Å². The van der Waals surface area contributed by atoms with Crippen LogP contribution in [0.15, 0.2) is 182 Å². The minimum absolute atomic E-state index is 0.0516. The second-order valence-electron chi connectivity index (χ2n) is 24.9. The molecule has 3 fully saturated rings.